The predicted octanol–water partition coefficient (Wildman–Crippen LogP) is 3.59. The molecule has 4 rings (SSSR count). The van der Waals surface area contributed by atoms with E-state index in [1.807, 2.05) is 0 Å². The quantitative estimate of drug-likeness (QED) is 0.625. The van der Waals surface area contributed by atoms with Crippen LogP contribution in [0, 0.1) is 25.7 Å². The minimum Gasteiger partial charge on any atom is -0.428 e. The largest absolute Gasteiger partial charge is 0.428 e. The highest BCUT2D eigenvalue weighted by atomic mass is 32.2. The van der Waals surface area contributed by atoms with Gasteiger partial charge in [0.25, 0.3) is 10.0 Å². The second kappa shape index (κ2) is 9.00. The Morgan fingerprint density at radius 3 is 2.45 bits per heavy atom. The molecule has 2 heterocycles. The Bertz CT molecular complexity index is 1010. The Labute approximate surface area is 183 Å². The van der Waals surface area contributed by atoms with Crippen molar-refractivity contribution in [3.05, 3.63) is 35.7 Å². The van der Waals surface area contributed by atoms with Crippen LogP contribution in [-0.4, -0.2) is 31.9 Å². The van der Waals surface area contributed by atoms with Gasteiger partial charge in [-0.1, -0.05) is 32.1 Å². The molecule has 3 N–H and O–H groups in total. The molecule has 1 aromatic carbocycles. The Hall–Kier alpha value is -2.39. The highest BCUT2D eigenvalue weighted by Crippen LogP contribution is 2.36. The zero-order chi connectivity index (χ0) is 22.0. The number of hydrogen-bond acceptors (Lipinski definition) is 6. The van der Waals surface area contributed by atoms with Crippen LogP contribution >= 0.6 is 0 Å². The van der Waals surface area contributed by atoms with Gasteiger partial charge in [-0.3, -0.25) is 4.79 Å². The molecule has 0 unspecified atom stereocenters. The molecule has 0 radical (unpaired) electrons. The molecule has 8 nitrogen and oxygen atoms in total. The Kier molecular flexibility index (Phi) is 6.34. The van der Waals surface area contributed by atoms with Crippen molar-refractivity contribution >= 4 is 27.6 Å². The van der Waals surface area contributed by atoms with Crippen molar-refractivity contribution in [3.63, 3.8) is 0 Å². The number of nitrogens with one attached hydrogen (secondary N) is 3. The summed E-state index contributed by atoms with van der Waals surface area (Å²) in [7, 11) is -3.83. The normalized spacial score (nSPS) is 22.4. The van der Waals surface area contributed by atoms with E-state index in [1.54, 1.807) is 26.0 Å². The number of carbonyl (C=O) groups is 1. The first-order chi connectivity index (χ1) is 14.8. The number of rotatable bonds is 6. The molecular formula is C22H30N4O4S. The fourth-order valence-electron chi connectivity index (χ4n) is 4.71. The summed E-state index contributed by atoms with van der Waals surface area (Å²) in [5.41, 5.74) is 1.20. The molecule has 0 spiro atoms. The first-order valence-corrected chi connectivity index (χ1v) is 12.4. The fraction of sp³-hybridized carbons (Fsp3) is 0.545. The number of aromatic nitrogens is 1. The van der Waals surface area contributed by atoms with Crippen LogP contribution in [0.2, 0.25) is 0 Å². The summed E-state index contributed by atoms with van der Waals surface area (Å²) in [6, 6.07) is 5.87. The van der Waals surface area contributed by atoms with Gasteiger partial charge in [0.05, 0.1) is 16.6 Å². The third kappa shape index (κ3) is 4.93. The predicted molar refractivity (Wildman–Crippen MR) is 118 cm³/mol. The van der Waals surface area contributed by atoms with Crippen LogP contribution in [-0.2, 0) is 14.8 Å². The van der Waals surface area contributed by atoms with Crippen molar-refractivity contribution in [2.24, 2.45) is 11.8 Å². The summed E-state index contributed by atoms with van der Waals surface area (Å²) < 4.78 is 32.8. The molecule has 2 fully saturated rings. The minimum absolute atomic E-state index is 0.0486. The van der Waals surface area contributed by atoms with E-state index < -0.39 is 10.0 Å². The van der Waals surface area contributed by atoms with Crippen LogP contribution in [0.25, 0.3) is 0 Å². The highest BCUT2D eigenvalue weighted by Gasteiger charge is 2.38. The second-order valence-corrected chi connectivity index (χ2v) is 10.2. The van der Waals surface area contributed by atoms with E-state index in [0.29, 0.717) is 29.0 Å². The lowest BCUT2D eigenvalue weighted by atomic mass is 9.76. The molecule has 2 aromatic rings. The van der Waals surface area contributed by atoms with Gasteiger partial charge in [0, 0.05) is 5.69 Å². The molecule has 2 atom stereocenters. The van der Waals surface area contributed by atoms with Crippen molar-refractivity contribution in [2.75, 3.05) is 16.6 Å². The Morgan fingerprint density at radius 2 is 1.81 bits per heavy atom. The van der Waals surface area contributed by atoms with Gasteiger partial charge < -0.3 is 15.1 Å². The van der Waals surface area contributed by atoms with Crippen LogP contribution < -0.4 is 15.4 Å². The molecule has 1 aromatic heterocycles. The third-order valence-electron chi connectivity index (χ3n) is 6.49. The number of sulfonamides is 1. The lowest BCUT2D eigenvalue weighted by Crippen LogP contribution is -2.42. The van der Waals surface area contributed by atoms with Gasteiger partial charge in [0.15, 0.2) is 0 Å². The van der Waals surface area contributed by atoms with E-state index in [9.17, 15) is 13.2 Å². The Balaban J connectivity index is 1.40. The van der Waals surface area contributed by atoms with Gasteiger partial charge >= 0.3 is 6.01 Å². The molecule has 1 saturated carbocycles. The number of anilines is 2. The molecule has 1 amide bonds. The zero-order valence-electron chi connectivity index (χ0n) is 18.0. The molecule has 31 heavy (non-hydrogen) atoms. The van der Waals surface area contributed by atoms with Crippen LogP contribution in [0.5, 0.6) is 0 Å². The number of hydrogen-bond donors (Lipinski definition) is 3. The van der Waals surface area contributed by atoms with Gasteiger partial charge in [-0.25, -0.2) is 13.1 Å². The maximum atomic E-state index is 12.9. The van der Waals surface area contributed by atoms with Crippen LogP contribution in [0.1, 0.15) is 50.0 Å². The highest BCUT2D eigenvalue weighted by molar-refractivity contribution is 7.92. The number of nitrogens with zero attached hydrogens (tertiary/aromatic N) is 1. The Morgan fingerprint density at radius 1 is 1.10 bits per heavy atom. The number of benzene rings is 1. The summed E-state index contributed by atoms with van der Waals surface area (Å²) in [5, 5.41) is 6.30. The van der Waals surface area contributed by atoms with Crippen molar-refractivity contribution in [1.29, 1.82) is 0 Å². The van der Waals surface area contributed by atoms with E-state index in [4.69, 9.17) is 4.42 Å². The van der Waals surface area contributed by atoms with Crippen molar-refractivity contribution < 1.29 is 17.6 Å². The first kappa shape index (κ1) is 21.8. The van der Waals surface area contributed by atoms with Gasteiger partial charge in [-0.15, -0.1) is 0 Å². The van der Waals surface area contributed by atoms with Crippen LogP contribution in [0.4, 0.5) is 11.7 Å². The topological polar surface area (TPSA) is 113 Å². The minimum atomic E-state index is -3.83. The van der Waals surface area contributed by atoms with Crippen LogP contribution in [0.3, 0.4) is 0 Å². The SMILES string of the molecule is Cc1nc(NS(=O)(=O)c2ccc(NC(=O)[C@H]3NCC[C@H]3C3CCCCC3)cc2)oc1C. The number of amides is 1. The maximum Gasteiger partial charge on any atom is 0.309 e. The lowest BCUT2D eigenvalue weighted by Gasteiger charge is -2.30. The van der Waals surface area contributed by atoms with E-state index in [-0.39, 0.29) is 22.9 Å². The van der Waals surface area contributed by atoms with Gasteiger partial charge in [-0.2, -0.15) is 4.98 Å². The average molecular weight is 447 g/mol. The maximum absolute atomic E-state index is 12.9. The molecule has 168 valence electrons. The summed E-state index contributed by atoms with van der Waals surface area (Å²) in [4.78, 5) is 17.0. The fourth-order valence-corrected chi connectivity index (χ4v) is 5.64. The van der Waals surface area contributed by atoms with Gasteiger partial charge in [0.2, 0.25) is 5.91 Å². The summed E-state index contributed by atoms with van der Waals surface area (Å²) in [6.07, 6.45) is 7.26. The third-order valence-corrected chi connectivity index (χ3v) is 7.83. The van der Waals surface area contributed by atoms with E-state index in [0.717, 1.165) is 13.0 Å². The van der Waals surface area contributed by atoms with E-state index in [1.165, 1.54) is 44.2 Å². The number of aryl methyl sites for hydroxylation is 2. The average Bonchev–Trinajstić information content (AvgIpc) is 3.35. The van der Waals surface area contributed by atoms with Crippen molar-refractivity contribution in [3.8, 4) is 0 Å². The molecule has 1 aliphatic heterocycles. The van der Waals surface area contributed by atoms with Crippen LogP contribution in [0.15, 0.2) is 33.6 Å². The number of oxazole rings is 1. The van der Waals surface area contributed by atoms with Crippen molar-refractivity contribution in [1.82, 2.24) is 10.3 Å². The molecule has 1 aliphatic carbocycles. The smallest absolute Gasteiger partial charge is 0.309 e. The molecule has 9 heteroatoms. The summed E-state index contributed by atoms with van der Waals surface area (Å²) >= 11 is 0. The standard InChI is InChI=1S/C22H30N4O4S/c1-14-15(2)30-22(24-14)26-31(28,29)18-10-8-17(9-11-18)25-21(27)20-19(12-13-23-20)16-6-4-3-5-7-16/h8-11,16,19-20,23H,3-7,12-13H2,1-2H3,(H,24,26)(H,25,27)/t19-,20-/m0/s1. The van der Waals surface area contributed by atoms with Gasteiger partial charge in [0.1, 0.15) is 5.76 Å². The second-order valence-electron chi connectivity index (χ2n) is 8.56. The lowest BCUT2D eigenvalue weighted by molar-refractivity contribution is -0.119. The van der Waals surface area contributed by atoms with E-state index in [2.05, 4.69) is 20.3 Å². The molecule has 0 bridgehead atoms. The number of carbonyl (C=O) groups excluding carboxylic acids is 1. The zero-order valence-corrected chi connectivity index (χ0v) is 18.8. The monoisotopic (exact) mass is 446 g/mol. The molecular weight excluding hydrogens is 416 g/mol. The first-order valence-electron chi connectivity index (χ1n) is 10.9. The summed E-state index contributed by atoms with van der Waals surface area (Å²) in [6.45, 7) is 4.32. The van der Waals surface area contributed by atoms with Crippen molar-refractivity contribution in [2.45, 2.75) is 63.3 Å². The summed E-state index contributed by atoms with van der Waals surface area (Å²) in [5.74, 6) is 1.49. The van der Waals surface area contributed by atoms with Gasteiger partial charge in [-0.05, 0) is 62.9 Å². The molecule has 1 saturated heterocycles. The molecule has 2 aliphatic rings. The van der Waals surface area contributed by atoms with E-state index >= 15 is 0 Å².